The monoisotopic (exact) mass is 273 g/mol. The maximum absolute atomic E-state index is 11.9. The van der Waals surface area contributed by atoms with Gasteiger partial charge in [0.25, 0.3) is 10.2 Å². The number of ether oxygens (including phenoxy) is 1. The van der Waals surface area contributed by atoms with Gasteiger partial charge in [0.15, 0.2) is 0 Å². The van der Waals surface area contributed by atoms with Gasteiger partial charge in [0.1, 0.15) is 5.75 Å². The Morgan fingerprint density at radius 3 is 2.39 bits per heavy atom. The number of hydrogen-bond donors (Lipinski definition) is 3. The van der Waals surface area contributed by atoms with Crippen molar-refractivity contribution in [3.05, 3.63) is 18.2 Å². The molecule has 0 fully saturated rings. The largest absolute Gasteiger partial charge is 0.494 e. The molecule has 0 heterocycles. The van der Waals surface area contributed by atoms with Crippen molar-refractivity contribution in [3.8, 4) is 5.75 Å². The van der Waals surface area contributed by atoms with Crippen LogP contribution in [0, 0.1) is 0 Å². The van der Waals surface area contributed by atoms with Crippen LogP contribution in [0.2, 0.25) is 0 Å². The first-order chi connectivity index (χ1) is 8.13. The molecule has 0 bridgehead atoms. The Kier molecular flexibility index (Phi) is 4.08. The molecule has 1 aromatic carbocycles. The molecule has 0 atom stereocenters. The zero-order valence-corrected chi connectivity index (χ0v) is 11.8. The molecule has 0 aromatic heterocycles. The molecule has 0 radical (unpaired) electrons. The molecule has 0 saturated heterocycles. The highest BCUT2D eigenvalue weighted by Crippen LogP contribution is 2.27. The van der Waals surface area contributed by atoms with Gasteiger partial charge in [0.2, 0.25) is 0 Å². The number of hydrogen-bond acceptors (Lipinski definition) is 4. The van der Waals surface area contributed by atoms with Crippen molar-refractivity contribution in [1.29, 1.82) is 0 Å². The summed E-state index contributed by atoms with van der Waals surface area (Å²) in [6.07, 6.45) is 0. The first-order valence-electron chi connectivity index (χ1n) is 5.38. The number of nitrogen functional groups attached to an aromatic ring is 1. The van der Waals surface area contributed by atoms with Crippen LogP contribution in [0.1, 0.15) is 20.8 Å². The maximum Gasteiger partial charge on any atom is 0.299 e. The molecule has 4 N–H and O–H groups in total. The summed E-state index contributed by atoms with van der Waals surface area (Å²) in [4.78, 5) is 0. The summed E-state index contributed by atoms with van der Waals surface area (Å²) in [5, 5.41) is 0. The van der Waals surface area contributed by atoms with Gasteiger partial charge in [-0.2, -0.15) is 13.1 Å². The van der Waals surface area contributed by atoms with Crippen LogP contribution in [0.4, 0.5) is 11.4 Å². The minimum atomic E-state index is -3.66. The summed E-state index contributed by atoms with van der Waals surface area (Å²) >= 11 is 0. The van der Waals surface area contributed by atoms with Gasteiger partial charge in [0, 0.05) is 17.3 Å². The van der Waals surface area contributed by atoms with Crippen molar-refractivity contribution in [2.45, 2.75) is 26.3 Å². The molecule has 0 amide bonds. The number of nitrogens with two attached hydrogens (primary N) is 1. The van der Waals surface area contributed by atoms with Crippen LogP contribution in [0.15, 0.2) is 18.2 Å². The van der Waals surface area contributed by atoms with Gasteiger partial charge >= 0.3 is 0 Å². The van der Waals surface area contributed by atoms with E-state index in [0.717, 1.165) is 0 Å². The summed E-state index contributed by atoms with van der Waals surface area (Å²) in [6.45, 7) is 5.27. The molecule has 0 aliphatic carbocycles. The fourth-order valence-corrected chi connectivity index (χ4v) is 2.68. The number of nitrogens with one attached hydrogen (secondary N) is 2. The fraction of sp³-hybridized carbons (Fsp3) is 0.455. The van der Waals surface area contributed by atoms with E-state index < -0.39 is 15.7 Å². The Bertz CT molecular complexity index is 521. The lowest BCUT2D eigenvalue weighted by Gasteiger charge is -2.21. The molecule has 0 saturated carbocycles. The first-order valence-corrected chi connectivity index (χ1v) is 6.86. The van der Waals surface area contributed by atoms with Crippen molar-refractivity contribution in [3.63, 3.8) is 0 Å². The average molecular weight is 273 g/mol. The summed E-state index contributed by atoms with van der Waals surface area (Å²) in [5.41, 5.74) is 5.87. The molecule has 0 aliphatic rings. The van der Waals surface area contributed by atoms with Crippen LogP contribution >= 0.6 is 0 Å². The second kappa shape index (κ2) is 5.03. The van der Waals surface area contributed by atoms with Gasteiger partial charge in [-0.05, 0) is 32.9 Å². The molecular formula is C11H19N3O3S. The smallest absolute Gasteiger partial charge is 0.299 e. The van der Waals surface area contributed by atoms with Gasteiger partial charge in [-0.1, -0.05) is 0 Å². The Balaban J connectivity index is 2.98. The van der Waals surface area contributed by atoms with Crippen LogP contribution in [-0.2, 0) is 10.2 Å². The number of rotatable bonds is 4. The number of anilines is 2. The molecular weight excluding hydrogens is 254 g/mol. The van der Waals surface area contributed by atoms with E-state index in [1.165, 1.54) is 7.11 Å². The van der Waals surface area contributed by atoms with Crippen molar-refractivity contribution in [2.24, 2.45) is 0 Å². The topological polar surface area (TPSA) is 93.4 Å². The summed E-state index contributed by atoms with van der Waals surface area (Å²) < 4.78 is 33.7. The minimum absolute atomic E-state index is 0.337. The average Bonchev–Trinajstić information content (AvgIpc) is 2.16. The van der Waals surface area contributed by atoms with Gasteiger partial charge in [0.05, 0.1) is 12.8 Å². The molecule has 0 aliphatic heterocycles. The third kappa shape index (κ3) is 4.42. The second-order valence-corrected chi connectivity index (χ2v) is 6.33. The number of benzene rings is 1. The highest BCUT2D eigenvalue weighted by molar-refractivity contribution is 7.90. The van der Waals surface area contributed by atoms with Crippen molar-refractivity contribution >= 4 is 21.6 Å². The molecule has 6 nitrogen and oxygen atoms in total. The fourth-order valence-electron chi connectivity index (χ4n) is 1.37. The minimum Gasteiger partial charge on any atom is -0.494 e. The number of methoxy groups -OCH3 is 1. The van der Waals surface area contributed by atoms with Crippen LogP contribution < -0.4 is 19.9 Å². The van der Waals surface area contributed by atoms with Gasteiger partial charge in [-0.25, -0.2) is 0 Å². The Morgan fingerprint density at radius 2 is 1.89 bits per heavy atom. The maximum atomic E-state index is 11.9. The molecule has 1 rings (SSSR count). The van der Waals surface area contributed by atoms with E-state index in [1.807, 2.05) is 0 Å². The third-order valence-corrected chi connectivity index (χ3v) is 3.28. The van der Waals surface area contributed by atoms with Gasteiger partial charge in [-0.3, -0.25) is 4.72 Å². The Morgan fingerprint density at radius 1 is 1.28 bits per heavy atom. The predicted molar refractivity (Wildman–Crippen MR) is 72.8 cm³/mol. The van der Waals surface area contributed by atoms with Crippen molar-refractivity contribution < 1.29 is 13.2 Å². The van der Waals surface area contributed by atoms with E-state index in [0.29, 0.717) is 17.1 Å². The van der Waals surface area contributed by atoms with E-state index >= 15 is 0 Å². The normalized spacial score (nSPS) is 12.2. The van der Waals surface area contributed by atoms with Crippen LogP contribution in [-0.4, -0.2) is 21.1 Å². The lowest BCUT2D eigenvalue weighted by Crippen LogP contribution is -2.43. The van der Waals surface area contributed by atoms with Gasteiger partial charge in [-0.15, -0.1) is 0 Å². The summed E-state index contributed by atoms with van der Waals surface area (Å²) in [7, 11) is -2.21. The van der Waals surface area contributed by atoms with E-state index in [1.54, 1.807) is 39.0 Å². The highest BCUT2D eigenvalue weighted by Gasteiger charge is 2.20. The predicted octanol–water partition coefficient (Wildman–Crippen LogP) is 1.32. The molecule has 1 aromatic rings. The quantitative estimate of drug-likeness (QED) is 0.721. The van der Waals surface area contributed by atoms with Crippen LogP contribution in [0.5, 0.6) is 5.75 Å². The second-order valence-electron chi connectivity index (χ2n) is 4.92. The van der Waals surface area contributed by atoms with Crippen molar-refractivity contribution in [1.82, 2.24) is 4.72 Å². The van der Waals surface area contributed by atoms with E-state index in [2.05, 4.69) is 9.44 Å². The van der Waals surface area contributed by atoms with E-state index in [9.17, 15) is 8.42 Å². The lowest BCUT2D eigenvalue weighted by atomic mass is 10.1. The van der Waals surface area contributed by atoms with E-state index in [-0.39, 0.29) is 0 Å². The lowest BCUT2D eigenvalue weighted by molar-refractivity contribution is 0.417. The third-order valence-electron chi connectivity index (χ3n) is 1.91. The van der Waals surface area contributed by atoms with Crippen LogP contribution in [0.3, 0.4) is 0 Å². The summed E-state index contributed by atoms with van der Waals surface area (Å²) in [6, 6.07) is 4.70. The molecule has 102 valence electrons. The molecule has 18 heavy (non-hydrogen) atoms. The zero-order chi connectivity index (χ0) is 14.0. The first kappa shape index (κ1) is 14.6. The molecule has 0 spiro atoms. The van der Waals surface area contributed by atoms with Crippen LogP contribution in [0.25, 0.3) is 0 Å². The van der Waals surface area contributed by atoms with Crippen molar-refractivity contribution in [2.75, 3.05) is 17.6 Å². The summed E-state index contributed by atoms with van der Waals surface area (Å²) in [5.74, 6) is 0.370. The zero-order valence-electron chi connectivity index (χ0n) is 10.9. The standard InChI is InChI=1S/C11H19N3O3S/c1-11(2,3)14-18(15,16)13-9-6-5-8(12)7-10(9)17-4/h5-7,13-14H,12H2,1-4H3. The van der Waals surface area contributed by atoms with E-state index in [4.69, 9.17) is 10.5 Å². The molecule has 0 unspecified atom stereocenters. The molecule has 7 heteroatoms. The van der Waals surface area contributed by atoms with Gasteiger partial charge < -0.3 is 10.5 Å². The Labute approximate surface area is 108 Å². The highest BCUT2D eigenvalue weighted by atomic mass is 32.2. The Hall–Kier alpha value is -1.47. The SMILES string of the molecule is COc1cc(N)ccc1NS(=O)(=O)NC(C)(C)C.